The Morgan fingerprint density at radius 3 is 1.56 bits per heavy atom. The third kappa shape index (κ3) is 26.9. The molecule has 29 heteroatoms. The number of rotatable bonds is 29. The average Bonchev–Trinajstić information content (AvgIpc) is 3.67. The summed E-state index contributed by atoms with van der Waals surface area (Å²) < 4.78 is 0. The lowest BCUT2D eigenvalue weighted by atomic mass is 10.00. The second-order valence-corrected chi connectivity index (χ2v) is 22.0. The molecule has 0 aliphatic carbocycles. The van der Waals surface area contributed by atoms with E-state index in [4.69, 9.17) is 28.7 Å². The standard InChI is InChI=1S/C56H98N16O13/c1-7-32(4)13-11-12-16-44(75)63-36(17-23-57)51(80)72-46(34(6)74)56(85)68-39(20-26-60)48(77)67-41-22-28-62-55(84)45(33(5)73)71-52(81)40(21-27-61)65-47(76)37(18-24-58)66-53(82)42(29-31(2)3)69-54(83)43(30-35-14-9-8-10-15-35)70-49(78)38(19-25-59)64-50(41)79/h8-10,14-15,31-34,36-43,45-46,73-74H,7,11-13,16-30,57-61H2,1-6H3,(H,62,84)(H,63,75)(H,64,79)(H,65,76)(H,66,82)(H,67,77)(H,68,85)(H,69,83)(H,70,78)(H,71,81)(H,72,80)/t32-,33-,34-,36-,37-,38-,39-,40-,41-,42-,43-,45-,46-/m1/s1. The molecular formula is C56H98N16O13. The molecule has 0 bridgehead atoms. The van der Waals surface area contributed by atoms with Crippen LogP contribution in [0.1, 0.15) is 124 Å². The van der Waals surface area contributed by atoms with E-state index >= 15 is 0 Å². The SMILES string of the molecule is CC[C@@H](C)CCCCC(=O)N[C@H](CCN)C(=O)N[C@@H](C(=O)N[C@H](CCN)C(=O)N[C@@H]1CCNC(=O)[C@@H]([C@@H](C)O)NC(=O)[C@@H](CCN)NC(=O)[C@@H](CCN)NC(=O)[C@@H](CC(C)C)NC(=O)[C@@H](Cc2ccccc2)NC(=O)[C@@H](CCN)NC1=O)[C@@H](C)O. The molecule has 0 aromatic heterocycles. The van der Waals surface area contributed by atoms with E-state index < -0.39 is 151 Å². The molecule has 23 N–H and O–H groups in total. The summed E-state index contributed by atoms with van der Waals surface area (Å²) in [4.78, 5) is 154. The number of benzene rings is 1. The molecule has 480 valence electrons. The molecule has 0 saturated carbocycles. The molecule has 0 spiro atoms. The maximum atomic E-state index is 14.5. The minimum Gasteiger partial charge on any atom is -0.391 e. The van der Waals surface area contributed by atoms with Gasteiger partial charge in [0.05, 0.1) is 12.2 Å². The number of aliphatic hydroxyl groups is 2. The van der Waals surface area contributed by atoms with Gasteiger partial charge in [-0.2, -0.15) is 0 Å². The second-order valence-electron chi connectivity index (χ2n) is 22.0. The fourth-order valence-electron chi connectivity index (χ4n) is 9.12. The first kappa shape index (κ1) is 74.2. The highest BCUT2D eigenvalue weighted by Gasteiger charge is 2.37. The number of unbranched alkanes of at least 4 members (excludes halogenated alkanes) is 1. The summed E-state index contributed by atoms with van der Waals surface area (Å²) in [6, 6.07) is -6.23. The highest BCUT2D eigenvalue weighted by molar-refractivity contribution is 5.99. The quantitative estimate of drug-likeness (QED) is 0.0333. The van der Waals surface area contributed by atoms with E-state index in [2.05, 4.69) is 72.3 Å². The number of carbonyl (C=O) groups is 11. The molecule has 1 aliphatic rings. The summed E-state index contributed by atoms with van der Waals surface area (Å²) in [5.74, 6) is -9.45. The Morgan fingerprint density at radius 2 is 1.06 bits per heavy atom. The van der Waals surface area contributed by atoms with Crippen LogP contribution in [0.4, 0.5) is 0 Å². The van der Waals surface area contributed by atoms with Crippen molar-refractivity contribution >= 4 is 65.0 Å². The summed E-state index contributed by atoms with van der Waals surface area (Å²) in [5.41, 5.74) is 29.9. The molecule has 13 atom stereocenters. The van der Waals surface area contributed by atoms with Gasteiger partial charge in [0, 0.05) is 19.4 Å². The molecule has 1 heterocycles. The van der Waals surface area contributed by atoms with E-state index in [1.54, 1.807) is 44.2 Å². The molecule has 1 aromatic rings. The van der Waals surface area contributed by atoms with Gasteiger partial charge in [0.25, 0.3) is 0 Å². The molecule has 2 rings (SSSR count). The monoisotopic (exact) mass is 1200 g/mol. The zero-order chi connectivity index (χ0) is 63.8. The van der Waals surface area contributed by atoms with Crippen LogP contribution in [0.3, 0.4) is 0 Å². The Labute approximate surface area is 498 Å². The summed E-state index contributed by atoms with van der Waals surface area (Å²) >= 11 is 0. The van der Waals surface area contributed by atoms with Crippen LogP contribution in [-0.4, -0.2) is 187 Å². The molecule has 0 radical (unpaired) electrons. The first-order valence-electron chi connectivity index (χ1n) is 29.5. The summed E-state index contributed by atoms with van der Waals surface area (Å²) in [5, 5.41) is 49.7. The Morgan fingerprint density at radius 1 is 0.565 bits per heavy atom. The predicted molar refractivity (Wildman–Crippen MR) is 316 cm³/mol. The number of nitrogens with one attached hydrogen (secondary N) is 11. The van der Waals surface area contributed by atoms with E-state index in [1.165, 1.54) is 13.8 Å². The van der Waals surface area contributed by atoms with Crippen molar-refractivity contribution in [3.63, 3.8) is 0 Å². The van der Waals surface area contributed by atoms with Gasteiger partial charge < -0.3 is 97.4 Å². The number of aliphatic hydroxyl groups excluding tert-OH is 2. The largest absolute Gasteiger partial charge is 0.391 e. The normalized spacial score (nSPS) is 22.9. The molecule has 1 saturated heterocycles. The number of hydrogen-bond donors (Lipinski definition) is 18. The summed E-state index contributed by atoms with van der Waals surface area (Å²) in [6.45, 7) is 9.00. The van der Waals surface area contributed by atoms with Gasteiger partial charge in [-0.05, 0) is 115 Å². The van der Waals surface area contributed by atoms with Gasteiger partial charge in [-0.1, -0.05) is 77.3 Å². The van der Waals surface area contributed by atoms with Crippen LogP contribution in [0, 0.1) is 11.8 Å². The minimum atomic E-state index is -1.70. The summed E-state index contributed by atoms with van der Waals surface area (Å²) in [6.07, 6.45) is -1.05. The lowest BCUT2D eigenvalue weighted by Gasteiger charge is -2.29. The van der Waals surface area contributed by atoms with Gasteiger partial charge in [0.2, 0.25) is 65.0 Å². The molecule has 1 fully saturated rings. The molecule has 85 heavy (non-hydrogen) atoms. The predicted octanol–water partition coefficient (Wildman–Crippen LogP) is -5.24. The summed E-state index contributed by atoms with van der Waals surface area (Å²) in [7, 11) is 0. The zero-order valence-corrected chi connectivity index (χ0v) is 50.2. The van der Waals surface area contributed by atoms with E-state index in [1.807, 2.05) is 0 Å². The Bertz CT molecular complexity index is 2320. The van der Waals surface area contributed by atoms with Gasteiger partial charge in [0.15, 0.2) is 0 Å². The van der Waals surface area contributed by atoms with Crippen LogP contribution < -0.4 is 87.2 Å². The van der Waals surface area contributed by atoms with Gasteiger partial charge >= 0.3 is 0 Å². The maximum absolute atomic E-state index is 14.5. The highest BCUT2D eigenvalue weighted by Crippen LogP contribution is 2.14. The van der Waals surface area contributed by atoms with Crippen molar-refractivity contribution in [2.45, 2.75) is 198 Å². The van der Waals surface area contributed by atoms with Crippen LogP contribution in [0.25, 0.3) is 0 Å². The van der Waals surface area contributed by atoms with E-state index in [9.17, 15) is 63.0 Å². The zero-order valence-electron chi connectivity index (χ0n) is 50.2. The van der Waals surface area contributed by atoms with Crippen LogP contribution in [0.2, 0.25) is 0 Å². The lowest BCUT2D eigenvalue weighted by molar-refractivity contribution is -0.137. The first-order valence-corrected chi connectivity index (χ1v) is 29.5. The number of hydrogen-bond acceptors (Lipinski definition) is 18. The smallest absolute Gasteiger partial charge is 0.245 e. The van der Waals surface area contributed by atoms with Gasteiger partial charge in [-0.15, -0.1) is 0 Å². The minimum absolute atomic E-state index is 0.0173. The van der Waals surface area contributed by atoms with Crippen LogP contribution in [0.5, 0.6) is 0 Å². The van der Waals surface area contributed by atoms with Crippen molar-refractivity contribution < 1.29 is 63.0 Å². The van der Waals surface area contributed by atoms with E-state index in [0.29, 0.717) is 17.9 Å². The third-order valence-corrected chi connectivity index (χ3v) is 14.3. The molecule has 1 aromatic carbocycles. The Kier molecular flexibility index (Phi) is 34.6. The van der Waals surface area contributed by atoms with Gasteiger partial charge in [-0.3, -0.25) is 52.7 Å². The molecule has 11 amide bonds. The van der Waals surface area contributed by atoms with Gasteiger partial charge in [-0.25, -0.2) is 0 Å². The van der Waals surface area contributed by atoms with Crippen LogP contribution >= 0.6 is 0 Å². The van der Waals surface area contributed by atoms with Crippen molar-refractivity contribution in [1.82, 2.24) is 58.5 Å². The molecule has 1 aliphatic heterocycles. The third-order valence-electron chi connectivity index (χ3n) is 14.3. The Balaban J connectivity index is 2.67. The first-order chi connectivity index (χ1) is 40.3. The average molecular weight is 1200 g/mol. The van der Waals surface area contributed by atoms with Crippen molar-refractivity contribution in [3.05, 3.63) is 35.9 Å². The fourth-order valence-corrected chi connectivity index (χ4v) is 9.12. The number of carbonyl (C=O) groups excluding carboxylic acids is 11. The van der Waals surface area contributed by atoms with E-state index in [-0.39, 0.29) is 90.0 Å². The van der Waals surface area contributed by atoms with Crippen LogP contribution in [0.15, 0.2) is 30.3 Å². The van der Waals surface area contributed by atoms with Gasteiger partial charge in [0.1, 0.15) is 60.4 Å². The Hall–Kier alpha value is -6.89. The maximum Gasteiger partial charge on any atom is 0.245 e. The molecule has 29 nitrogen and oxygen atoms in total. The van der Waals surface area contributed by atoms with E-state index in [0.717, 1.165) is 19.3 Å². The number of amides is 11. The van der Waals surface area contributed by atoms with Crippen molar-refractivity contribution in [1.29, 1.82) is 0 Å². The topological polar surface area (TPSA) is 491 Å². The lowest BCUT2D eigenvalue weighted by Crippen LogP contribution is -2.62. The van der Waals surface area contributed by atoms with Crippen molar-refractivity contribution in [2.24, 2.45) is 40.5 Å². The molecular weight excluding hydrogens is 1100 g/mol. The second kappa shape index (κ2) is 39.7. The fraction of sp³-hybridized carbons (Fsp3) is 0.696. The van der Waals surface area contributed by atoms with Crippen LogP contribution in [-0.2, 0) is 59.2 Å². The molecule has 0 unspecified atom stereocenters. The van der Waals surface area contributed by atoms with Crippen molar-refractivity contribution in [2.75, 3.05) is 39.3 Å². The highest BCUT2D eigenvalue weighted by atomic mass is 16.3. The van der Waals surface area contributed by atoms with Crippen molar-refractivity contribution in [3.8, 4) is 0 Å². The number of nitrogens with two attached hydrogens (primary N) is 5.